The first-order chi connectivity index (χ1) is 8.20. The maximum atomic E-state index is 11.8. The highest BCUT2D eigenvalue weighted by atomic mass is 16.3. The maximum absolute atomic E-state index is 11.8. The Balaban J connectivity index is 2.65. The lowest BCUT2D eigenvalue weighted by atomic mass is 10.1. The number of hydrogen-bond donors (Lipinski definition) is 3. The van der Waals surface area contributed by atoms with E-state index in [-0.39, 0.29) is 17.3 Å². The minimum absolute atomic E-state index is 0.0464. The van der Waals surface area contributed by atoms with Crippen LogP contribution in [-0.2, 0) is 7.05 Å². The van der Waals surface area contributed by atoms with Crippen molar-refractivity contribution in [3.05, 3.63) is 17.5 Å². The Morgan fingerprint density at radius 1 is 1.56 bits per heavy atom. The number of hydrogen-bond acceptors (Lipinski definition) is 4. The normalized spacial score (nSPS) is 11.3. The number of nitrogens with two attached hydrogens (primary N) is 1. The minimum atomic E-state index is -0.835. The van der Waals surface area contributed by atoms with Gasteiger partial charge in [-0.05, 0) is 20.3 Å². The van der Waals surface area contributed by atoms with Crippen molar-refractivity contribution in [2.24, 2.45) is 12.8 Å². The molecule has 0 saturated heterocycles. The van der Waals surface area contributed by atoms with E-state index in [0.717, 1.165) is 0 Å². The molecule has 0 aliphatic rings. The number of aryl methyl sites for hydroxylation is 1. The van der Waals surface area contributed by atoms with Gasteiger partial charge in [-0.15, -0.1) is 0 Å². The number of aromatic nitrogens is 2. The Kier molecular flexibility index (Phi) is 4.07. The van der Waals surface area contributed by atoms with E-state index in [0.29, 0.717) is 13.0 Å². The van der Waals surface area contributed by atoms with Crippen LogP contribution in [0, 0.1) is 0 Å². The van der Waals surface area contributed by atoms with Gasteiger partial charge in [0.15, 0.2) is 5.69 Å². The summed E-state index contributed by atoms with van der Waals surface area (Å²) in [7, 11) is 1.55. The smallest absolute Gasteiger partial charge is 0.269 e. The minimum Gasteiger partial charge on any atom is -0.390 e. The van der Waals surface area contributed by atoms with Crippen molar-refractivity contribution < 1.29 is 14.7 Å². The van der Waals surface area contributed by atoms with Gasteiger partial charge in [0.1, 0.15) is 5.69 Å². The Morgan fingerprint density at radius 3 is 2.61 bits per heavy atom. The summed E-state index contributed by atoms with van der Waals surface area (Å²) in [5.41, 5.74) is 4.53. The standard InChI is InChI=1S/C11H18N4O3/c1-11(2,18)4-5-13-10(17)8-6-7(9(12)16)14-15(8)3/h6,18H,4-5H2,1-3H3,(H2,12,16)(H,13,17). The van der Waals surface area contributed by atoms with Crippen LogP contribution < -0.4 is 11.1 Å². The van der Waals surface area contributed by atoms with Crippen LogP contribution in [0.15, 0.2) is 6.07 Å². The first kappa shape index (κ1) is 14.2. The third-order valence-corrected chi connectivity index (χ3v) is 2.39. The molecule has 0 aliphatic carbocycles. The van der Waals surface area contributed by atoms with Crippen LogP contribution in [0.3, 0.4) is 0 Å². The first-order valence-electron chi connectivity index (χ1n) is 5.55. The molecule has 1 aromatic rings. The Bertz CT molecular complexity index is 459. The van der Waals surface area contributed by atoms with Crippen molar-refractivity contribution in [2.75, 3.05) is 6.54 Å². The van der Waals surface area contributed by atoms with Crippen LogP contribution in [0.25, 0.3) is 0 Å². The van der Waals surface area contributed by atoms with E-state index in [4.69, 9.17) is 5.73 Å². The number of carbonyl (C=O) groups excluding carboxylic acids is 2. The number of nitrogens with zero attached hydrogens (tertiary/aromatic N) is 2. The van der Waals surface area contributed by atoms with Crippen LogP contribution in [0.1, 0.15) is 41.2 Å². The largest absolute Gasteiger partial charge is 0.390 e. The third kappa shape index (κ3) is 3.85. The van der Waals surface area contributed by atoms with Crippen molar-refractivity contribution in [1.29, 1.82) is 0 Å². The van der Waals surface area contributed by atoms with Crippen LogP contribution in [0.5, 0.6) is 0 Å². The summed E-state index contributed by atoms with van der Waals surface area (Å²) in [6.45, 7) is 3.66. The van der Waals surface area contributed by atoms with Crippen molar-refractivity contribution in [3.8, 4) is 0 Å². The number of nitrogens with one attached hydrogen (secondary N) is 1. The van der Waals surface area contributed by atoms with E-state index in [1.807, 2.05) is 0 Å². The van der Waals surface area contributed by atoms with E-state index in [1.54, 1.807) is 20.9 Å². The molecule has 1 aromatic heterocycles. The Hall–Kier alpha value is -1.89. The molecule has 0 spiro atoms. The molecule has 0 bridgehead atoms. The fraction of sp³-hybridized carbons (Fsp3) is 0.545. The Labute approximate surface area is 105 Å². The summed E-state index contributed by atoms with van der Waals surface area (Å²) < 4.78 is 1.29. The number of amides is 2. The van der Waals surface area contributed by atoms with Gasteiger partial charge in [0.05, 0.1) is 5.60 Å². The van der Waals surface area contributed by atoms with E-state index >= 15 is 0 Å². The van der Waals surface area contributed by atoms with Crippen molar-refractivity contribution >= 4 is 11.8 Å². The molecule has 0 unspecified atom stereocenters. The fourth-order valence-corrected chi connectivity index (χ4v) is 1.37. The third-order valence-electron chi connectivity index (χ3n) is 2.39. The SMILES string of the molecule is Cn1nc(C(N)=O)cc1C(=O)NCCC(C)(C)O. The second kappa shape index (κ2) is 5.18. The molecule has 100 valence electrons. The molecule has 1 rings (SSSR count). The molecule has 7 nitrogen and oxygen atoms in total. The van der Waals surface area contributed by atoms with Crippen molar-refractivity contribution in [2.45, 2.75) is 25.9 Å². The molecular formula is C11H18N4O3. The van der Waals surface area contributed by atoms with Gasteiger partial charge >= 0.3 is 0 Å². The van der Waals surface area contributed by atoms with E-state index < -0.39 is 11.5 Å². The number of primary amides is 1. The quantitative estimate of drug-likeness (QED) is 0.652. The maximum Gasteiger partial charge on any atom is 0.269 e. The van der Waals surface area contributed by atoms with E-state index in [2.05, 4.69) is 10.4 Å². The number of aliphatic hydroxyl groups is 1. The van der Waals surface area contributed by atoms with E-state index in [1.165, 1.54) is 10.7 Å². The lowest BCUT2D eigenvalue weighted by Gasteiger charge is -2.16. The summed E-state index contributed by atoms with van der Waals surface area (Å²) in [4.78, 5) is 22.7. The van der Waals surface area contributed by atoms with Crippen molar-refractivity contribution in [3.63, 3.8) is 0 Å². The molecule has 18 heavy (non-hydrogen) atoms. The predicted octanol–water partition coefficient (Wildman–Crippen LogP) is -0.590. The average molecular weight is 254 g/mol. The van der Waals surface area contributed by atoms with Gasteiger partial charge in [0, 0.05) is 19.7 Å². The van der Waals surface area contributed by atoms with Crippen LogP contribution in [-0.4, -0.2) is 38.8 Å². The Morgan fingerprint density at radius 2 is 2.17 bits per heavy atom. The van der Waals surface area contributed by atoms with Crippen LogP contribution in [0.2, 0.25) is 0 Å². The monoisotopic (exact) mass is 254 g/mol. The topological polar surface area (TPSA) is 110 Å². The molecule has 0 fully saturated rings. The zero-order chi connectivity index (χ0) is 13.9. The predicted molar refractivity (Wildman–Crippen MR) is 65.0 cm³/mol. The molecule has 1 heterocycles. The second-order valence-electron chi connectivity index (χ2n) is 4.72. The van der Waals surface area contributed by atoms with E-state index in [9.17, 15) is 14.7 Å². The zero-order valence-corrected chi connectivity index (χ0v) is 10.7. The van der Waals surface area contributed by atoms with Crippen LogP contribution in [0.4, 0.5) is 0 Å². The molecule has 4 N–H and O–H groups in total. The average Bonchev–Trinajstić information content (AvgIpc) is 2.58. The van der Waals surface area contributed by atoms with Gasteiger partial charge in [-0.2, -0.15) is 5.10 Å². The molecule has 0 saturated carbocycles. The first-order valence-corrected chi connectivity index (χ1v) is 5.55. The molecule has 0 radical (unpaired) electrons. The summed E-state index contributed by atoms with van der Waals surface area (Å²) in [6.07, 6.45) is 0.430. The molecule has 7 heteroatoms. The van der Waals surface area contributed by atoms with Gasteiger partial charge in [-0.3, -0.25) is 14.3 Å². The summed E-state index contributed by atoms with van der Waals surface area (Å²) in [6, 6.07) is 1.34. The van der Waals surface area contributed by atoms with Gasteiger partial charge < -0.3 is 16.2 Å². The number of carbonyl (C=O) groups is 2. The van der Waals surface area contributed by atoms with Gasteiger partial charge in [0.25, 0.3) is 11.8 Å². The van der Waals surface area contributed by atoms with Gasteiger partial charge in [-0.25, -0.2) is 0 Å². The highest BCUT2D eigenvalue weighted by molar-refractivity contribution is 5.97. The lowest BCUT2D eigenvalue weighted by Crippen LogP contribution is -2.31. The zero-order valence-electron chi connectivity index (χ0n) is 10.7. The van der Waals surface area contributed by atoms with Crippen molar-refractivity contribution in [1.82, 2.24) is 15.1 Å². The molecule has 0 aliphatic heterocycles. The highest BCUT2D eigenvalue weighted by Crippen LogP contribution is 2.06. The summed E-state index contributed by atoms with van der Waals surface area (Å²) in [5, 5.41) is 16.0. The highest BCUT2D eigenvalue weighted by Gasteiger charge is 2.17. The molecule has 2 amide bonds. The molecular weight excluding hydrogens is 236 g/mol. The lowest BCUT2D eigenvalue weighted by molar-refractivity contribution is 0.0691. The second-order valence-corrected chi connectivity index (χ2v) is 4.72. The van der Waals surface area contributed by atoms with Gasteiger partial charge in [-0.1, -0.05) is 0 Å². The summed E-state index contributed by atoms with van der Waals surface area (Å²) >= 11 is 0. The van der Waals surface area contributed by atoms with Gasteiger partial charge in [0.2, 0.25) is 0 Å². The summed E-state index contributed by atoms with van der Waals surface area (Å²) in [5.74, 6) is -1.04. The van der Waals surface area contributed by atoms with Crippen LogP contribution >= 0.6 is 0 Å². The fourth-order valence-electron chi connectivity index (χ4n) is 1.37. The number of rotatable bonds is 5. The molecule has 0 atom stereocenters. The molecule has 0 aromatic carbocycles.